The van der Waals surface area contributed by atoms with E-state index in [9.17, 15) is 23.1 Å². The van der Waals surface area contributed by atoms with Crippen LogP contribution in [0.15, 0.2) is 24.3 Å². The van der Waals surface area contributed by atoms with Crippen molar-refractivity contribution in [3.05, 3.63) is 35.4 Å². The van der Waals surface area contributed by atoms with E-state index in [2.05, 4.69) is 15.1 Å². The van der Waals surface area contributed by atoms with Crippen molar-refractivity contribution in [2.24, 2.45) is 5.92 Å². The zero-order chi connectivity index (χ0) is 21.6. The van der Waals surface area contributed by atoms with Crippen LogP contribution in [0.25, 0.3) is 11.3 Å². The fraction of sp³-hybridized carbons (Fsp3) is 0.476. The van der Waals surface area contributed by atoms with Gasteiger partial charge < -0.3 is 14.9 Å². The van der Waals surface area contributed by atoms with Gasteiger partial charge in [-0.3, -0.25) is 4.79 Å². The van der Waals surface area contributed by atoms with Gasteiger partial charge in [-0.1, -0.05) is 0 Å². The van der Waals surface area contributed by atoms with E-state index in [0.717, 1.165) is 32.0 Å². The van der Waals surface area contributed by atoms with Crippen molar-refractivity contribution in [3.63, 3.8) is 0 Å². The van der Waals surface area contributed by atoms with Crippen LogP contribution < -0.4 is 4.90 Å². The molecule has 30 heavy (non-hydrogen) atoms. The van der Waals surface area contributed by atoms with Gasteiger partial charge in [-0.15, -0.1) is 10.2 Å². The van der Waals surface area contributed by atoms with Crippen molar-refractivity contribution in [3.8, 4) is 17.0 Å². The van der Waals surface area contributed by atoms with Gasteiger partial charge in [0.05, 0.1) is 17.3 Å². The van der Waals surface area contributed by atoms with Crippen LogP contribution in [0.2, 0.25) is 0 Å². The summed E-state index contributed by atoms with van der Waals surface area (Å²) < 4.78 is 38.9. The lowest BCUT2D eigenvalue weighted by atomic mass is 9.92. The summed E-state index contributed by atoms with van der Waals surface area (Å²) in [4.78, 5) is 15.8. The lowest BCUT2D eigenvalue weighted by Gasteiger charge is -2.38. The molecule has 0 spiro atoms. The van der Waals surface area contributed by atoms with Crippen molar-refractivity contribution >= 4 is 11.7 Å². The quantitative estimate of drug-likeness (QED) is 0.804. The van der Waals surface area contributed by atoms with Gasteiger partial charge in [-0.25, -0.2) is 0 Å². The van der Waals surface area contributed by atoms with Gasteiger partial charge in [0.25, 0.3) is 0 Å². The van der Waals surface area contributed by atoms with Crippen molar-refractivity contribution < 1.29 is 23.1 Å². The maximum atomic E-state index is 13.0. The van der Waals surface area contributed by atoms with Crippen molar-refractivity contribution in [1.29, 1.82) is 0 Å². The lowest BCUT2D eigenvalue weighted by Crippen LogP contribution is -2.49. The fourth-order valence-electron chi connectivity index (χ4n) is 4.59. The first-order valence-electron chi connectivity index (χ1n) is 9.92. The number of phenols is 1. The van der Waals surface area contributed by atoms with Crippen molar-refractivity contribution in [2.75, 3.05) is 24.5 Å². The van der Waals surface area contributed by atoms with Crippen LogP contribution in [0.1, 0.15) is 30.9 Å². The van der Waals surface area contributed by atoms with Crippen LogP contribution >= 0.6 is 0 Å². The van der Waals surface area contributed by atoms with Crippen molar-refractivity contribution in [2.45, 2.75) is 38.9 Å². The molecular weight excluding hydrogens is 397 g/mol. The molecular formula is C21H23F3N4O2. The van der Waals surface area contributed by atoms with Gasteiger partial charge in [0.1, 0.15) is 5.75 Å². The predicted molar refractivity (Wildman–Crippen MR) is 105 cm³/mol. The Labute approximate surface area is 172 Å². The molecule has 0 bridgehead atoms. The third-order valence-electron chi connectivity index (χ3n) is 6.15. The average Bonchev–Trinajstić information content (AvgIpc) is 3.10. The Balaban J connectivity index is 1.59. The fourth-order valence-corrected chi connectivity index (χ4v) is 4.59. The van der Waals surface area contributed by atoms with E-state index in [1.54, 1.807) is 19.1 Å². The van der Waals surface area contributed by atoms with E-state index in [1.165, 1.54) is 6.92 Å². The molecule has 6 nitrogen and oxygen atoms in total. The van der Waals surface area contributed by atoms with Gasteiger partial charge in [0.15, 0.2) is 5.82 Å². The number of alkyl halides is 3. The second-order valence-electron chi connectivity index (χ2n) is 8.03. The van der Waals surface area contributed by atoms with Crippen LogP contribution in [0.4, 0.5) is 19.0 Å². The second-order valence-corrected chi connectivity index (χ2v) is 8.03. The number of phenolic OH excluding ortho intramolecular Hbond substituents is 1. The number of halogens is 3. The number of hydrogen-bond acceptors (Lipinski definition) is 5. The topological polar surface area (TPSA) is 69.6 Å². The Kier molecular flexibility index (Phi) is 5.07. The standard InChI is InChI=1S/C21H23F3N4O2/c1-12-9-15(21(22,23)24)10-18(30)20(12)16-3-4-19(26-25-16)28-8-6-14-5-7-27(13(2)29)11-17(14)28/h3-4,9-10,14,17,30H,5-8,11H2,1-2H3/t14-,17-/m1/s1. The summed E-state index contributed by atoms with van der Waals surface area (Å²) in [6.07, 6.45) is -2.54. The Morgan fingerprint density at radius 2 is 1.90 bits per heavy atom. The minimum absolute atomic E-state index is 0.0648. The first-order chi connectivity index (χ1) is 14.1. The molecule has 1 aromatic heterocycles. The molecule has 2 saturated heterocycles. The summed E-state index contributed by atoms with van der Waals surface area (Å²) in [5.41, 5.74) is -0.0785. The number of carbonyl (C=O) groups is 1. The second kappa shape index (κ2) is 7.45. The molecule has 4 rings (SSSR count). The number of fused-ring (bicyclic) bond motifs is 1. The molecule has 1 N–H and O–H groups in total. The molecule has 160 valence electrons. The van der Waals surface area contributed by atoms with Gasteiger partial charge in [0.2, 0.25) is 5.91 Å². The van der Waals surface area contributed by atoms with Crippen LogP contribution in [-0.4, -0.2) is 51.8 Å². The highest BCUT2D eigenvalue weighted by molar-refractivity contribution is 5.74. The molecule has 0 saturated carbocycles. The molecule has 2 aliphatic heterocycles. The van der Waals surface area contributed by atoms with E-state index < -0.39 is 17.5 Å². The highest BCUT2D eigenvalue weighted by atomic mass is 19.4. The summed E-state index contributed by atoms with van der Waals surface area (Å²) >= 11 is 0. The molecule has 2 aliphatic rings. The largest absolute Gasteiger partial charge is 0.507 e. The predicted octanol–water partition coefficient (Wildman–Crippen LogP) is 3.62. The summed E-state index contributed by atoms with van der Waals surface area (Å²) in [6.45, 7) is 5.33. The van der Waals surface area contributed by atoms with Gasteiger partial charge >= 0.3 is 6.18 Å². The third kappa shape index (κ3) is 3.68. The highest BCUT2D eigenvalue weighted by Crippen LogP contribution is 2.39. The summed E-state index contributed by atoms with van der Waals surface area (Å²) in [5, 5.41) is 18.7. The maximum absolute atomic E-state index is 13.0. The molecule has 2 aromatic rings. The zero-order valence-electron chi connectivity index (χ0n) is 16.8. The molecule has 2 atom stereocenters. The summed E-state index contributed by atoms with van der Waals surface area (Å²) in [5.74, 6) is 0.758. The number of carbonyl (C=O) groups excluding carboxylic acids is 1. The average molecular weight is 420 g/mol. The van der Waals surface area contributed by atoms with E-state index in [0.29, 0.717) is 30.0 Å². The third-order valence-corrected chi connectivity index (χ3v) is 6.15. The molecule has 0 radical (unpaired) electrons. The van der Waals surface area contributed by atoms with E-state index in [1.807, 2.05) is 4.90 Å². The maximum Gasteiger partial charge on any atom is 0.416 e. The minimum atomic E-state index is -4.53. The normalized spacial score (nSPS) is 21.6. The molecule has 1 amide bonds. The number of likely N-dealkylation sites (tertiary alicyclic amines) is 1. The number of rotatable bonds is 2. The Hall–Kier alpha value is -2.84. The van der Waals surface area contributed by atoms with Gasteiger partial charge in [-0.05, 0) is 55.5 Å². The highest BCUT2D eigenvalue weighted by Gasteiger charge is 2.39. The minimum Gasteiger partial charge on any atom is -0.507 e. The van der Waals surface area contributed by atoms with Crippen LogP contribution in [0.5, 0.6) is 5.75 Å². The first-order valence-corrected chi connectivity index (χ1v) is 9.92. The Morgan fingerprint density at radius 1 is 1.17 bits per heavy atom. The van der Waals surface area contributed by atoms with Crippen molar-refractivity contribution in [1.82, 2.24) is 15.1 Å². The number of aryl methyl sites for hydroxylation is 1. The van der Waals surface area contributed by atoms with Crippen LogP contribution in [-0.2, 0) is 11.0 Å². The number of nitrogens with zero attached hydrogens (tertiary/aromatic N) is 4. The Bertz CT molecular complexity index is 939. The molecule has 1 aromatic carbocycles. The number of anilines is 1. The molecule has 9 heteroatoms. The first kappa shape index (κ1) is 20.4. The molecule has 0 aliphatic carbocycles. The molecule has 2 fully saturated rings. The number of amides is 1. The SMILES string of the molecule is CC(=O)N1CC[C@@H]2CCN(c3ccc(-c4c(C)cc(C(F)(F)F)cc4O)nn3)[C@@H]2C1. The molecule has 0 unspecified atom stereocenters. The monoisotopic (exact) mass is 420 g/mol. The smallest absolute Gasteiger partial charge is 0.416 e. The number of piperidine rings is 1. The van der Waals surface area contributed by atoms with E-state index in [-0.39, 0.29) is 23.1 Å². The molecule has 3 heterocycles. The number of benzene rings is 1. The summed E-state index contributed by atoms with van der Waals surface area (Å²) in [7, 11) is 0. The zero-order valence-corrected chi connectivity index (χ0v) is 16.8. The van der Waals surface area contributed by atoms with Gasteiger partial charge in [0, 0.05) is 32.1 Å². The number of aromatic nitrogens is 2. The Morgan fingerprint density at radius 3 is 2.50 bits per heavy atom. The van der Waals surface area contributed by atoms with Crippen LogP contribution in [0, 0.1) is 12.8 Å². The summed E-state index contributed by atoms with van der Waals surface area (Å²) in [6, 6.07) is 5.32. The number of hydrogen-bond donors (Lipinski definition) is 1. The van der Waals surface area contributed by atoms with Crippen LogP contribution in [0.3, 0.4) is 0 Å². The van der Waals surface area contributed by atoms with Gasteiger partial charge in [-0.2, -0.15) is 13.2 Å². The van der Waals surface area contributed by atoms with E-state index in [4.69, 9.17) is 0 Å². The van der Waals surface area contributed by atoms with E-state index >= 15 is 0 Å². The number of aromatic hydroxyl groups is 1. The lowest BCUT2D eigenvalue weighted by molar-refractivity contribution is -0.137.